The summed E-state index contributed by atoms with van der Waals surface area (Å²) in [6.45, 7) is 0. The van der Waals surface area contributed by atoms with Gasteiger partial charge in [-0.05, 0) is 0 Å². The summed E-state index contributed by atoms with van der Waals surface area (Å²) in [7, 11) is 0. The molecule has 0 amide bonds. The molecule has 1 heterocycles. The largest absolute Gasteiger partial charge is 0.481 e. The minimum absolute atomic E-state index is 1.02. The normalized spacial score (nSPS) is 27.7. The van der Waals surface area contributed by atoms with E-state index in [2.05, 4.69) is 10.9 Å². The molecular formula is C6H8N2O4. The predicted molar refractivity (Wildman–Crippen MR) is 38.0 cm³/mol. The molecule has 6 nitrogen and oxygen atoms in total. The van der Waals surface area contributed by atoms with E-state index in [0.717, 1.165) is 0 Å². The van der Waals surface area contributed by atoms with Gasteiger partial charge in [0, 0.05) is 6.20 Å². The maximum atomic E-state index is 10.5. The van der Waals surface area contributed by atoms with E-state index in [-0.39, 0.29) is 0 Å². The fourth-order valence-corrected chi connectivity index (χ4v) is 0.931. The first-order valence-corrected chi connectivity index (χ1v) is 3.26. The number of aliphatic carboxylic acids is 2. The maximum Gasteiger partial charge on any atom is 0.323 e. The predicted octanol–water partition coefficient (Wildman–Crippen LogP) is -1.24. The molecule has 0 aliphatic carbocycles. The average molecular weight is 172 g/mol. The summed E-state index contributed by atoms with van der Waals surface area (Å²) in [5.74, 6) is -3.38. The van der Waals surface area contributed by atoms with Crippen LogP contribution in [0.2, 0.25) is 0 Å². The van der Waals surface area contributed by atoms with E-state index in [4.69, 9.17) is 10.2 Å². The Morgan fingerprint density at radius 1 is 1.25 bits per heavy atom. The molecule has 0 fully saturated rings. The quantitative estimate of drug-likeness (QED) is 0.416. The van der Waals surface area contributed by atoms with Crippen LogP contribution in [0.4, 0.5) is 0 Å². The summed E-state index contributed by atoms with van der Waals surface area (Å²) in [5.41, 5.74) is 4.76. The molecular weight excluding hydrogens is 164 g/mol. The van der Waals surface area contributed by atoms with Gasteiger partial charge in [-0.1, -0.05) is 6.08 Å². The van der Waals surface area contributed by atoms with Crippen LogP contribution < -0.4 is 10.9 Å². The topological polar surface area (TPSA) is 98.7 Å². The molecule has 2 atom stereocenters. The highest BCUT2D eigenvalue weighted by molar-refractivity contribution is 5.84. The Balaban J connectivity index is 2.79. The second-order valence-electron chi connectivity index (χ2n) is 2.33. The van der Waals surface area contributed by atoms with E-state index in [0.29, 0.717) is 0 Å². The lowest BCUT2D eigenvalue weighted by molar-refractivity contribution is -0.149. The Morgan fingerprint density at radius 2 is 1.92 bits per heavy atom. The van der Waals surface area contributed by atoms with Crippen LogP contribution in [-0.2, 0) is 9.59 Å². The molecule has 0 saturated heterocycles. The van der Waals surface area contributed by atoms with Gasteiger partial charge in [0.1, 0.15) is 12.0 Å². The van der Waals surface area contributed by atoms with Crippen molar-refractivity contribution in [3.63, 3.8) is 0 Å². The number of hydrogen-bond donors (Lipinski definition) is 4. The van der Waals surface area contributed by atoms with Crippen LogP contribution >= 0.6 is 0 Å². The summed E-state index contributed by atoms with van der Waals surface area (Å²) in [4.78, 5) is 21.0. The van der Waals surface area contributed by atoms with Crippen LogP contribution in [0.1, 0.15) is 0 Å². The van der Waals surface area contributed by atoms with E-state index < -0.39 is 23.9 Å². The first kappa shape index (κ1) is 8.54. The van der Waals surface area contributed by atoms with Crippen LogP contribution in [0.5, 0.6) is 0 Å². The summed E-state index contributed by atoms with van der Waals surface area (Å²) >= 11 is 0. The molecule has 0 aromatic carbocycles. The molecule has 0 radical (unpaired) electrons. The Kier molecular flexibility index (Phi) is 2.29. The number of hydrazine groups is 1. The van der Waals surface area contributed by atoms with Gasteiger partial charge in [-0.2, -0.15) is 0 Å². The second kappa shape index (κ2) is 3.22. The fourth-order valence-electron chi connectivity index (χ4n) is 0.931. The SMILES string of the molecule is O=C(O)C1C=CNNC1C(=O)O. The van der Waals surface area contributed by atoms with Gasteiger partial charge in [0.15, 0.2) is 0 Å². The van der Waals surface area contributed by atoms with Crippen LogP contribution in [0.15, 0.2) is 12.3 Å². The lowest BCUT2D eigenvalue weighted by Gasteiger charge is -2.22. The van der Waals surface area contributed by atoms with E-state index in [1.807, 2.05) is 0 Å². The van der Waals surface area contributed by atoms with Crippen molar-refractivity contribution >= 4 is 11.9 Å². The Hall–Kier alpha value is -1.56. The van der Waals surface area contributed by atoms with Crippen molar-refractivity contribution < 1.29 is 19.8 Å². The summed E-state index contributed by atoms with van der Waals surface area (Å²) in [6, 6.07) is -1.12. The molecule has 0 spiro atoms. The third-order valence-electron chi connectivity index (χ3n) is 1.54. The van der Waals surface area contributed by atoms with Crippen LogP contribution in [0, 0.1) is 5.92 Å². The molecule has 2 unspecified atom stereocenters. The molecule has 0 bridgehead atoms. The minimum atomic E-state index is -1.20. The number of carboxylic acid groups (broad SMARTS) is 2. The molecule has 1 aliphatic heterocycles. The minimum Gasteiger partial charge on any atom is -0.481 e. The van der Waals surface area contributed by atoms with Gasteiger partial charge in [-0.25, -0.2) is 5.43 Å². The van der Waals surface area contributed by atoms with Crippen molar-refractivity contribution in [2.45, 2.75) is 6.04 Å². The smallest absolute Gasteiger partial charge is 0.323 e. The molecule has 12 heavy (non-hydrogen) atoms. The Bertz CT molecular complexity index is 238. The molecule has 0 saturated carbocycles. The van der Waals surface area contributed by atoms with Crippen molar-refractivity contribution in [1.29, 1.82) is 0 Å². The van der Waals surface area contributed by atoms with E-state index in [1.54, 1.807) is 0 Å². The molecule has 6 heteroatoms. The lowest BCUT2D eigenvalue weighted by Crippen LogP contribution is -2.52. The van der Waals surface area contributed by atoms with E-state index >= 15 is 0 Å². The first-order chi connectivity index (χ1) is 5.63. The monoisotopic (exact) mass is 172 g/mol. The highest BCUT2D eigenvalue weighted by atomic mass is 16.4. The Labute approximate surface area is 67.8 Å². The highest BCUT2D eigenvalue weighted by Gasteiger charge is 2.33. The third-order valence-corrected chi connectivity index (χ3v) is 1.54. The van der Waals surface area contributed by atoms with Gasteiger partial charge < -0.3 is 15.6 Å². The van der Waals surface area contributed by atoms with Crippen LogP contribution in [-0.4, -0.2) is 28.2 Å². The zero-order chi connectivity index (χ0) is 9.14. The molecule has 1 rings (SSSR count). The first-order valence-electron chi connectivity index (χ1n) is 3.26. The number of rotatable bonds is 2. The summed E-state index contributed by atoms with van der Waals surface area (Å²) < 4.78 is 0. The number of carbonyl (C=O) groups is 2. The fraction of sp³-hybridized carbons (Fsp3) is 0.333. The maximum absolute atomic E-state index is 10.5. The van der Waals surface area contributed by atoms with Gasteiger partial charge in [0.25, 0.3) is 0 Å². The van der Waals surface area contributed by atoms with E-state index in [9.17, 15) is 9.59 Å². The molecule has 1 aliphatic rings. The lowest BCUT2D eigenvalue weighted by atomic mass is 10.00. The van der Waals surface area contributed by atoms with Gasteiger partial charge in [-0.15, -0.1) is 0 Å². The van der Waals surface area contributed by atoms with Gasteiger partial charge in [0.05, 0.1) is 0 Å². The Morgan fingerprint density at radius 3 is 2.33 bits per heavy atom. The second-order valence-corrected chi connectivity index (χ2v) is 2.33. The number of nitrogens with one attached hydrogen (secondary N) is 2. The van der Waals surface area contributed by atoms with Gasteiger partial charge in [0.2, 0.25) is 0 Å². The summed E-state index contributed by atoms with van der Waals surface area (Å²) in [5, 5.41) is 17.1. The highest BCUT2D eigenvalue weighted by Crippen LogP contribution is 2.08. The van der Waals surface area contributed by atoms with Gasteiger partial charge >= 0.3 is 11.9 Å². The standard InChI is InChI=1S/C6H8N2O4/c9-5(10)3-1-2-7-8-4(3)6(11)12/h1-4,7-8H,(H,9,10)(H,11,12). The van der Waals surface area contributed by atoms with Crippen LogP contribution in [0.25, 0.3) is 0 Å². The van der Waals surface area contributed by atoms with Gasteiger partial charge in [-0.3, -0.25) is 9.59 Å². The number of hydrogen-bond acceptors (Lipinski definition) is 4. The zero-order valence-corrected chi connectivity index (χ0v) is 6.02. The third kappa shape index (κ3) is 1.54. The van der Waals surface area contributed by atoms with Crippen molar-refractivity contribution in [3.05, 3.63) is 12.3 Å². The molecule has 0 aromatic rings. The van der Waals surface area contributed by atoms with Crippen molar-refractivity contribution in [3.8, 4) is 0 Å². The average Bonchev–Trinajstić information content (AvgIpc) is 2.04. The van der Waals surface area contributed by atoms with Crippen molar-refractivity contribution in [2.75, 3.05) is 0 Å². The summed E-state index contributed by atoms with van der Waals surface area (Å²) in [6.07, 6.45) is 2.65. The number of carboxylic acids is 2. The molecule has 0 aromatic heterocycles. The molecule has 4 N–H and O–H groups in total. The van der Waals surface area contributed by atoms with Crippen molar-refractivity contribution in [1.82, 2.24) is 10.9 Å². The van der Waals surface area contributed by atoms with Crippen molar-refractivity contribution in [2.24, 2.45) is 5.92 Å². The van der Waals surface area contributed by atoms with E-state index in [1.165, 1.54) is 12.3 Å². The van der Waals surface area contributed by atoms with Crippen LogP contribution in [0.3, 0.4) is 0 Å². The zero-order valence-electron chi connectivity index (χ0n) is 6.02. The molecule has 66 valence electrons.